The summed E-state index contributed by atoms with van der Waals surface area (Å²) in [4.78, 5) is 16.2. The molecule has 1 aliphatic rings. The van der Waals surface area contributed by atoms with Crippen LogP contribution in [0.4, 0.5) is 18.3 Å². The Morgan fingerprint density at radius 2 is 2.14 bits per heavy atom. The number of amides is 1. The maximum absolute atomic E-state index is 12.5. The Bertz CT molecular complexity index is 594. The van der Waals surface area contributed by atoms with Gasteiger partial charge in [0, 0.05) is 5.38 Å². The summed E-state index contributed by atoms with van der Waals surface area (Å²) in [5, 5.41) is 3.69. The van der Waals surface area contributed by atoms with Crippen molar-refractivity contribution in [2.45, 2.75) is 26.9 Å². The van der Waals surface area contributed by atoms with Gasteiger partial charge in [0.1, 0.15) is 5.03 Å². The number of carbonyl (C=O) groups is 1. The fraction of sp³-hybridized carbons (Fsp3) is 0.538. The van der Waals surface area contributed by atoms with E-state index in [1.807, 2.05) is 0 Å². The van der Waals surface area contributed by atoms with Gasteiger partial charge in [-0.15, -0.1) is 11.3 Å². The number of hydrogen-bond donors (Lipinski definition) is 1. The highest BCUT2D eigenvalue weighted by Crippen LogP contribution is 2.60. The molecule has 2 atom stereocenters. The first kappa shape index (κ1) is 16.3. The van der Waals surface area contributed by atoms with Gasteiger partial charge in [-0.25, -0.2) is 4.98 Å². The number of anilines is 1. The van der Waals surface area contributed by atoms with Crippen LogP contribution >= 0.6 is 22.9 Å². The van der Waals surface area contributed by atoms with Gasteiger partial charge in [-0.1, -0.05) is 31.5 Å². The minimum absolute atomic E-state index is 0.331. The third kappa shape index (κ3) is 3.40. The van der Waals surface area contributed by atoms with Gasteiger partial charge in [-0.2, -0.15) is 13.2 Å². The van der Waals surface area contributed by atoms with Crippen LogP contribution in [0.2, 0.25) is 0 Å². The van der Waals surface area contributed by atoms with E-state index in [1.54, 1.807) is 26.2 Å². The lowest BCUT2D eigenvalue weighted by atomic mass is 10.1. The Kier molecular flexibility index (Phi) is 4.10. The fourth-order valence-corrected chi connectivity index (χ4v) is 3.16. The Hall–Kier alpha value is -1.08. The molecule has 0 radical (unpaired) electrons. The van der Waals surface area contributed by atoms with Crippen molar-refractivity contribution in [1.82, 2.24) is 4.98 Å². The predicted molar refractivity (Wildman–Crippen MR) is 76.2 cm³/mol. The molecule has 21 heavy (non-hydrogen) atoms. The van der Waals surface area contributed by atoms with Gasteiger partial charge >= 0.3 is 6.18 Å². The lowest BCUT2D eigenvalue weighted by Crippen LogP contribution is -2.16. The van der Waals surface area contributed by atoms with Crippen LogP contribution in [0.5, 0.6) is 0 Å². The van der Waals surface area contributed by atoms with Crippen molar-refractivity contribution in [3.05, 3.63) is 22.2 Å². The second-order valence-electron chi connectivity index (χ2n) is 5.62. The number of nitrogens with one attached hydrogen (secondary N) is 1. The number of carbonyl (C=O) groups excluding carboxylic acids is 1. The third-order valence-corrected chi connectivity index (χ3v) is 4.85. The maximum Gasteiger partial charge on any atom is 0.426 e. The molecule has 2 unspecified atom stereocenters. The molecule has 0 saturated heterocycles. The largest absolute Gasteiger partial charge is 0.426 e. The van der Waals surface area contributed by atoms with Crippen LogP contribution in [0.1, 0.15) is 19.5 Å². The monoisotopic (exact) mass is 338 g/mol. The van der Waals surface area contributed by atoms with Crippen molar-refractivity contribution >= 4 is 34.0 Å². The standard InChI is InChI=1S/C13H14ClF3N2OS/c1-6-5-21-11(18-6)19-10(20)9-7(12(9,2)3)4-8(14)13(15,16)17/h4-5,7,9H,1-3H3,(H,18,19,20)/b8-4-. The maximum atomic E-state index is 12.5. The molecular weight excluding hydrogens is 325 g/mol. The van der Waals surface area contributed by atoms with Crippen molar-refractivity contribution in [1.29, 1.82) is 0 Å². The molecular formula is C13H14ClF3N2OS. The molecule has 1 amide bonds. The zero-order chi connectivity index (χ0) is 16.0. The molecule has 1 fully saturated rings. The third-order valence-electron chi connectivity index (χ3n) is 3.64. The van der Waals surface area contributed by atoms with E-state index in [4.69, 9.17) is 11.6 Å². The van der Waals surface area contributed by atoms with Crippen LogP contribution in [0.25, 0.3) is 0 Å². The summed E-state index contributed by atoms with van der Waals surface area (Å²) >= 11 is 6.52. The topological polar surface area (TPSA) is 42.0 Å². The molecule has 0 aromatic carbocycles. The zero-order valence-electron chi connectivity index (χ0n) is 11.6. The number of halogens is 4. The molecule has 0 aliphatic heterocycles. The highest BCUT2D eigenvalue weighted by Gasteiger charge is 2.61. The molecule has 0 bridgehead atoms. The van der Waals surface area contributed by atoms with Crippen LogP contribution in [-0.4, -0.2) is 17.1 Å². The normalized spacial score (nSPS) is 24.8. The predicted octanol–water partition coefficient (Wildman–Crippen LogP) is 4.35. The summed E-state index contributed by atoms with van der Waals surface area (Å²) in [6.45, 7) is 5.28. The number of aromatic nitrogens is 1. The molecule has 1 aliphatic carbocycles. The van der Waals surface area contributed by atoms with E-state index < -0.39 is 28.5 Å². The summed E-state index contributed by atoms with van der Waals surface area (Å²) in [5.41, 5.74) is 0.226. The van der Waals surface area contributed by atoms with Gasteiger partial charge in [0.05, 0.1) is 11.6 Å². The van der Waals surface area contributed by atoms with Crippen LogP contribution in [-0.2, 0) is 4.79 Å². The SMILES string of the molecule is Cc1csc(NC(=O)C2C(/C=C(\Cl)C(F)(F)F)C2(C)C)n1. The van der Waals surface area contributed by atoms with Gasteiger partial charge in [0.15, 0.2) is 5.13 Å². The van der Waals surface area contributed by atoms with Gasteiger partial charge < -0.3 is 5.32 Å². The van der Waals surface area contributed by atoms with E-state index >= 15 is 0 Å². The quantitative estimate of drug-likeness (QED) is 0.890. The van der Waals surface area contributed by atoms with Crippen LogP contribution in [0.3, 0.4) is 0 Å². The second-order valence-corrected chi connectivity index (χ2v) is 6.89. The highest BCUT2D eigenvalue weighted by molar-refractivity contribution is 7.13. The van der Waals surface area contributed by atoms with Gasteiger partial charge in [-0.3, -0.25) is 4.79 Å². The number of nitrogens with zero attached hydrogens (tertiary/aromatic N) is 1. The highest BCUT2D eigenvalue weighted by atomic mass is 35.5. The van der Waals surface area contributed by atoms with Crippen molar-refractivity contribution in [3.63, 3.8) is 0 Å². The molecule has 1 N–H and O–H groups in total. The lowest BCUT2D eigenvalue weighted by Gasteiger charge is -2.04. The summed E-state index contributed by atoms with van der Waals surface area (Å²) in [7, 11) is 0. The second kappa shape index (κ2) is 5.28. The zero-order valence-corrected chi connectivity index (χ0v) is 13.2. The first-order chi connectivity index (χ1) is 9.53. The average Bonchev–Trinajstić information content (AvgIpc) is 2.65. The number of hydrogen-bond acceptors (Lipinski definition) is 3. The molecule has 1 heterocycles. The van der Waals surface area contributed by atoms with E-state index in [1.165, 1.54) is 11.3 Å². The molecule has 1 saturated carbocycles. The van der Waals surface area contributed by atoms with E-state index in [0.717, 1.165) is 11.8 Å². The first-order valence-corrected chi connectivity index (χ1v) is 7.46. The summed E-state index contributed by atoms with van der Waals surface area (Å²) in [5.74, 6) is -1.41. The summed E-state index contributed by atoms with van der Waals surface area (Å²) in [6, 6.07) is 0. The molecule has 0 spiro atoms. The number of allylic oxidation sites excluding steroid dienone is 2. The summed E-state index contributed by atoms with van der Waals surface area (Å²) < 4.78 is 37.4. The Balaban J connectivity index is 2.09. The number of alkyl halides is 3. The molecule has 1 aromatic heterocycles. The molecule has 116 valence electrons. The number of aryl methyl sites for hydroxylation is 1. The lowest BCUT2D eigenvalue weighted by molar-refractivity contribution is -0.118. The van der Waals surface area contributed by atoms with Crippen LogP contribution < -0.4 is 5.32 Å². The molecule has 2 rings (SSSR count). The number of rotatable bonds is 3. The van der Waals surface area contributed by atoms with Crippen molar-refractivity contribution < 1.29 is 18.0 Å². The van der Waals surface area contributed by atoms with Gasteiger partial charge in [-0.05, 0) is 18.3 Å². The van der Waals surface area contributed by atoms with E-state index in [-0.39, 0.29) is 5.91 Å². The van der Waals surface area contributed by atoms with Crippen molar-refractivity contribution in [2.24, 2.45) is 17.3 Å². The van der Waals surface area contributed by atoms with Gasteiger partial charge in [0.25, 0.3) is 0 Å². The minimum Gasteiger partial charge on any atom is -0.302 e. The molecule has 1 aromatic rings. The number of thiazole rings is 1. The van der Waals surface area contributed by atoms with Crippen LogP contribution in [0, 0.1) is 24.2 Å². The Morgan fingerprint density at radius 1 is 1.52 bits per heavy atom. The first-order valence-electron chi connectivity index (χ1n) is 6.21. The van der Waals surface area contributed by atoms with Crippen LogP contribution in [0.15, 0.2) is 16.5 Å². The fourth-order valence-electron chi connectivity index (χ4n) is 2.34. The average molecular weight is 339 g/mol. The summed E-state index contributed by atoms with van der Waals surface area (Å²) in [6.07, 6.45) is -3.65. The minimum atomic E-state index is -4.58. The Labute approximate surface area is 129 Å². The van der Waals surface area contributed by atoms with Crippen molar-refractivity contribution in [2.75, 3.05) is 5.32 Å². The van der Waals surface area contributed by atoms with E-state index in [9.17, 15) is 18.0 Å². The smallest absolute Gasteiger partial charge is 0.302 e. The van der Waals surface area contributed by atoms with Gasteiger partial charge in [0.2, 0.25) is 5.91 Å². The van der Waals surface area contributed by atoms with E-state index in [2.05, 4.69) is 10.3 Å². The Morgan fingerprint density at radius 3 is 2.62 bits per heavy atom. The molecule has 3 nitrogen and oxygen atoms in total. The molecule has 8 heteroatoms. The van der Waals surface area contributed by atoms with E-state index in [0.29, 0.717) is 5.13 Å². The van der Waals surface area contributed by atoms with Crippen molar-refractivity contribution in [3.8, 4) is 0 Å².